The highest BCUT2D eigenvalue weighted by Crippen LogP contribution is 2.41. The molecule has 3 rings (SSSR count). The van der Waals surface area contributed by atoms with Crippen LogP contribution in [0.25, 0.3) is 22.3 Å². The number of aryl methyl sites for hydroxylation is 2. The lowest BCUT2D eigenvalue weighted by Gasteiger charge is -2.19. The maximum absolute atomic E-state index is 9.65. The van der Waals surface area contributed by atoms with E-state index in [1.165, 1.54) is 0 Å². The number of hydrogen-bond acceptors (Lipinski definition) is 4. The lowest BCUT2D eigenvalue weighted by atomic mass is 9.87. The van der Waals surface area contributed by atoms with Crippen LogP contribution >= 0.6 is 0 Å². The SMILES string of the molecule is COc1ccc(C)cc1-c1c(C(N)=NO)cc(C)cc1-c1ccc(O)cc1. The third kappa shape index (κ3) is 3.58. The summed E-state index contributed by atoms with van der Waals surface area (Å²) >= 11 is 0. The van der Waals surface area contributed by atoms with Crippen molar-refractivity contribution in [2.75, 3.05) is 7.11 Å². The van der Waals surface area contributed by atoms with Gasteiger partial charge >= 0.3 is 0 Å². The van der Waals surface area contributed by atoms with Crippen LogP contribution in [-0.4, -0.2) is 23.3 Å². The zero-order valence-corrected chi connectivity index (χ0v) is 15.5. The van der Waals surface area contributed by atoms with Gasteiger partial charge in [0, 0.05) is 16.7 Å². The molecule has 0 aliphatic heterocycles. The predicted octanol–water partition coefficient (Wildman–Crippen LogP) is 4.45. The molecule has 0 heterocycles. The van der Waals surface area contributed by atoms with Crippen molar-refractivity contribution in [1.82, 2.24) is 0 Å². The molecule has 0 saturated carbocycles. The molecule has 3 aromatic rings. The van der Waals surface area contributed by atoms with Crippen molar-refractivity contribution < 1.29 is 15.1 Å². The Morgan fingerprint density at radius 1 is 0.926 bits per heavy atom. The van der Waals surface area contributed by atoms with Crippen LogP contribution in [-0.2, 0) is 0 Å². The number of hydrogen-bond donors (Lipinski definition) is 3. The Hall–Kier alpha value is -3.47. The summed E-state index contributed by atoms with van der Waals surface area (Å²) in [6.45, 7) is 3.95. The Kier molecular flexibility index (Phi) is 5.03. The quantitative estimate of drug-likeness (QED) is 0.277. The van der Waals surface area contributed by atoms with Crippen LogP contribution in [0.2, 0.25) is 0 Å². The minimum Gasteiger partial charge on any atom is -0.508 e. The number of methoxy groups -OCH3 is 1. The van der Waals surface area contributed by atoms with E-state index in [0.29, 0.717) is 11.3 Å². The smallest absolute Gasteiger partial charge is 0.170 e. The molecule has 5 nitrogen and oxygen atoms in total. The van der Waals surface area contributed by atoms with E-state index in [2.05, 4.69) is 5.16 Å². The third-order valence-electron chi connectivity index (χ3n) is 4.47. The van der Waals surface area contributed by atoms with E-state index in [1.54, 1.807) is 19.2 Å². The molecule has 0 aromatic heterocycles. The molecule has 138 valence electrons. The summed E-state index contributed by atoms with van der Waals surface area (Å²) in [5.74, 6) is 0.909. The first-order valence-electron chi connectivity index (χ1n) is 8.51. The van der Waals surface area contributed by atoms with Gasteiger partial charge < -0.3 is 20.8 Å². The molecule has 5 heteroatoms. The highest BCUT2D eigenvalue weighted by atomic mass is 16.5. The number of phenolic OH excluding ortho intramolecular Hbond substituents is 1. The lowest BCUT2D eigenvalue weighted by molar-refractivity contribution is 0.318. The van der Waals surface area contributed by atoms with Crippen molar-refractivity contribution in [1.29, 1.82) is 0 Å². The third-order valence-corrected chi connectivity index (χ3v) is 4.47. The molecule has 3 aromatic carbocycles. The molecule has 0 fully saturated rings. The van der Waals surface area contributed by atoms with Crippen molar-refractivity contribution in [3.8, 4) is 33.8 Å². The molecule has 0 bridgehead atoms. The minimum absolute atomic E-state index is 0.0253. The van der Waals surface area contributed by atoms with Crippen LogP contribution < -0.4 is 10.5 Å². The second-order valence-corrected chi connectivity index (χ2v) is 6.47. The van der Waals surface area contributed by atoms with Crippen LogP contribution in [0.4, 0.5) is 0 Å². The van der Waals surface area contributed by atoms with E-state index in [1.807, 2.05) is 56.3 Å². The molecule has 4 N–H and O–H groups in total. The first kappa shape index (κ1) is 18.3. The Bertz CT molecular complexity index is 1010. The summed E-state index contributed by atoms with van der Waals surface area (Å²) in [5.41, 5.74) is 12.1. The minimum atomic E-state index is 0.0253. The van der Waals surface area contributed by atoms with Crippen molar-refractivity contribution in [3.63, 3.8) is 0 Å². The second-order valence-electron chi connectivity index (χ2n) is 6.47. The summed E-state index contributed by atoms with van der Waals surface area (Å²) in [5, 5.41) is 22.2. The average Bonchev–Trinajstić information content (AvgIpc) is 2.67. The van der Waals surface area contributed by atoms with Crippen LogP contribution in [0.3, 0.4) is 0 Å². The van der Waals surface area contributed by atoms with Crippen molar-refractivity contribution in [2.45, 2.75) is 13.8 Å². The summed E-state index contributed by atoms with van der Waals surface area (Å²) in [6, 6.07) is 16.8. The molecule has 0 saturated heterocycles. The molecule has 0 aliphatic carbocycles. The zero-order chi connectivity index (χ0) is 19.6. The van der Waals surface area contributed by atoms with Crippen molar-refractivity contribution >= 4 is 5.84 Å². The molecule has 27 heavy (non-hydrogen) atoms. The highest BCUT2D eigenvalue weighted by molar-refractivity contribution is 6.07. The number of benzene rings is 3. The summed E-state index contributed by atoms with van der Waals surface area (Å²) in [7, 11) is 1.62. The molecule has 0 spiro atoms. The fourth-order valence-electron chi connectivity index (χ4n) is 3.22. The van der Waals surface area contributed by atoms with Crippen LogP contribution in [0.1, 0.15) is 16.7 Å². The largest absolute Gasteiger partial charge is 0.508 e. The van der Waals surface area contributed by atoms with E-state index in [0.717, 1.165) is 33.4 Å². The first-order valence-corrected chi connectivity index (χ1v) is 8.51. The van der Waals surface area contributed by atoms with E-state index in [-0.39, 0.29) is 11.6 Å². The molecular weight excluding hydrogens is 340 g/mol. The van der Waals surface area contributed by atoms with Gasteiger partial charge in [0.1, 0.15) is 11.5 Å². The second kappa shape index (κ2) is 7.41. The van der Waals surface area contributed by atoms with Gasteiger partial charge in [-0.25, -0.2) is 0 Å². The molecule has 0 unspecified atom stereocenters. The van der Waals surface area contributed by atoms with E-state index in [9.17, 15) is 10.3 Å². The maximum atomic E-state index is 9.65. The molecular formula is C22H22N2O3. The van der Waals surface area contributed by atoms with Gasteiger partial charge in [0.2, 0.25) is 0 Å². The topological polar surface area (TPSA) is 88.1 Å². The summed E-state index contributed by atoms with van der Waals surface area (Å²) in [6.07, 6.45) is 0. The Morgan fingerprint density at radius 3 is 2.22 bits per heavy atom. The number of nitrogens with zero attached hydrogens (tertiary/aromatic N) is 1. The van der Waals surface area contributed by atoms with Gasteiger partial charge in [0.25, 0.3) is 0 Å². The standard InChI is InChI=1S/C22H22N2O3/c1-13-4-9-20(27-3)18(10-13)21-17(15-5-7-16(25)8-6-15)11-14(2)12-19(21)22(23)24-26/h4-12,25-26H,1-3H3,(H2,23,24). The number of rotatable bonds is 4. The lowest BCUT2D eigenvalue weighted by Crippen LogP contribution is -2.15. The van der Waals surface area contributed by atoms with Crippen LogP contribution in [0.5, 0.6) is 11.5 Å². The van der Waals surface area contributed by atoms with Gasteiger partial charge in [0.05, 0.1) is 7.11 Å². The van der Waals surface area contributed by atoms with Gasteiger partial charge in [-0.2, -0.15) is 0 Å². The number of phenols is 1. The summed E-state index contributed by atoms with van der Waals surface area (Å²) < 4.78 is 5.58. The fourth-order valence-corrected chi connectivity index (χ4v) is 3.22. The summed E-state index contributed by atoms with van der Waals surface area (Å²) in [4.78, 5) is 0. The predicted molar refractivity (Wildman–Crippen MR) is 108 cm³/mol. The zero-order valence-electron chi connectivity index (χ0n) is 15.5. The van der Waals surface area contributed by atoms with Crippen LogP contribution in [0.15, 0.2) is 59.8 Å². The van der Waals surface area contributed by atoms with Crippen molar-refractivity contribution in [3.05, 3.63) is 71.3 Å². The van der Waals surface area contributed by atoms with E-state index in [4.69, 9.17) is 10.5 Å². The Morgan fingerprint density at radius 2 is 1.59 bits per heavy atom. The monoisotopic (exact) mass is 362 g/mol. The number of amidine groups is 1. The van der Waals surface area contributed by atoms with Gasteiger partial charge in [-0.3, -0.25) is 0 Å². The molecule has 0 aliphatic rings. The van der Waals surface area contributed by atoms with Gasteiger partial charge in [-0.1, -0.05) is 35.0 Å². The Balaban J connectivity index is 2.43. The maximum Gasteiger partial charge on any atom is 0.170 e. The van der Waals surface area contributed by atoms with Crippen molar-refractivity contribution in [2.24, 2.45) is 10.9 Å². The number of nitrogens with two attached hydrogens (primary N) is 1. The average molecular weight is 362 g/mol. The molecule has 0 amide bonds. The normalized spacial score (nSPS) is 11.4. The van der Waals surface area contributed by atoms with Crippen LogP contribution in [0, 0.1) is 13.8 Å². The number of oxime groups is 1. The number of aromatic hydroxyl groups is 1. The molecule has 0 atom stereocenters. The van der Waals surface area contributed by atoms with E-state index >= 15 is 0 Å². The molecule has 0 radical (unpaired) electrons. The van der Waals surface area contributed by atoms with E-state index < -0.39 is 0 Å². The number of ether oxygens (including phenoxy) is 1. The fraction of sp³-hybridized carbons (Fsp3) is 0.136. The Labute approximate surface area is 158 Å². The first-order chi connectivity index (χ1) is 12.9. The van der Waals surface area contributed by atoms with Gasteiger partial charge in [-0.15, -0.1) is 0 Å². The van der Waals surface area contributed by atoms with Gasteiger partial charge in [0.15, 0.2) is 5.84 Å². The highest BCUT2D eigenvalue weighted by Gasteiger charge is 2.19. The van der Waals surface area contributed by atoms with Gasteiger partial charge in [-0.05, 0) is 60.9 Å².